The first-order valence-electron chi connectivity index (χ1n) is 6.37. The molecule has 1 N–H and O–H groups in total. The minimum atomic E-state index is -1.12. The number of ether oxygens (including phenoxy) is 2. The Morgan fingerprint density at radius 3 is 2.52 bits per heavy atom. The quantitative estimate of drug-likeness (QED) is 0.611. The van der Waals surface area contributed by atoms with Gasteiger partial charge in [-0.05, 0) is 40.2 Å². The lowest BCUT2D eigenvalue weighted by atomic mass is 10.3. The molecule has 0 saturated carbocycles. The van der Waals surface area contributed by atoms with Crippen molar-refractivity contribution in [2.24, 2.45) is 0 Å². The molecule has 110 valence electrons. The van der Waals surface area contributed by atoms with Gasteiger partial charge in [-0.15, -0.1) is 0 Å². The average molecular weight is 352 g/mol. The summed E-state index contributed by atoms with van der Waals surface area (Å²) in [6.07, 6.45) is 0.643. The minimum Gasteiger partial charge on any atom is -0.493 e. The van der Waals surface area contributed by atoms with E-state index in [0.717, 1.165) is 5.75 Å². The summed E-state index contributed by atoms with van der Waals surface area (Å²) in [6, 6.07) is 12.7. The molecule has 2 aromatic rings. The summed E-state index contributed by atoms with van der Waals surface area (Å²) in [4.78, 5) is 14.9. The second-order valence-corrected chi connectivity index (χ2v) is 4.96. The summed E-state index contributed by atoms with van der Waals surface area (Å²) < 4.78 is 11.4. The van der Waals surface area contributed by atoms with Crippen molar-refractivity contribution >= 4 is 21.9 Å². The summed E-state index contributed by atoms with van der Waals surface area (Å²) in [5.74, 6) is -0.0636. The van der Waals surface area contributed by atoms with E-state index in [0.29, 0.717) is 24.2 Å². The van der Waals surface area contributed by atoms with Crippen LogP contribution in [0.1, 0.15) is 16.9 Å². The van der Waals surface area contributed by atoms with E-state index in [1.807, 2.05) is 30.3 Å². The van der Waals surface area contributed by atoms with Gasteiger partial charge in [-0.1, -0.05) is 18.2 Å². The maximum Gasteiger partial charge on any atom is 0.358 e. The van der Waals surface area contributed by atoms with Crippen molar-refractivity contribution in [3.8, 4) is 11.5 Å². The second-order valence-electron chi connectivity index (χ2n) is 4.15. The number of aromatic nitrogens is 1. The van der Waals surface area contributed by atoms with Crippen LogP contribution in [0.15, 0.2) is 47.1 Å². The summed E-state index contributed by atoms with van der Waals surface area (Å²) in [5.41, 5.74) is -0.103. The zero-order valence-electron chi connectivity index (χ0n) is 11.2. The Morgan fingerprint density at radius 2 is 1.81 bits per heavy atom. The van der Waals surface area contributed by atoms with E-state index in [2.05, 4.69) is 20.9 Å². The van der Waals surface area contributed by atoms with Crippen molar-refractivity contribution in [2.45, 2.75) is 6.42 Å². The number of hydrogen-bond donors (Lipinski definition) is 1. The van der Waals surface area contributed by atoms with Crippen LogP contribution in [-0.4, -0.2) is 29.3 Å². The van der Waals surface area contributed by atoms with Gasteiger partial charge in [0.05, 0.1) is 13.2 Å². The molecular weight excluding hydrogens is 338 g/mol. The number of rotatable bonds is 7. The third kappa shape index (κ3) is 4.75. The number of benzene rings is 1. The normalized spacial score (nSPS) is 10.1. The van der Waals surface area contributed by atoms with Crippen molar-refractivity contribution in [1.82, 2.24) is 4.98 Å². The predicted molar refractivity (Wildman–Crippen MR) is 80.9 cm³/mol. The van der Waals surface area contributed by atoms with Crippen molar-refractivity contribution in [2.75, 3.05) is 13.2 Å². The van der Waals surface area contributed by atoms with Gasteiger partial charge in [-0.25, -0.2) is 9.78 Å². The highest BCUT2D eigenvalue weighted by Crippen LogP contribution is 2.20. The second kappa shape index (κ2) is 7.64. The van der Waals surface area contributed by atoms with Gasteiger partial charge in [0.2, 0.25) is 0 Å². The van der Waals surface area contributed by atoms with Gasteiger partial charge in [-0.2, -0.15) is 0 Å². The fraction of sp³-hybridized carbons (Fsp3) is 0.200. The van der Waals surface area contributed by atoms with Crippen LogP contribution in [0.25, 0.3) is 0 Å². The van der Waals surface area contributed by atoms with Crippen LogP contribution in [0.4, 0.5) is 0 Å². The topological polar surface area (TPSA) is 68.7 Å². The number of hydrogen-bond acceptors (Lipinski definition) is 4. The molecule has 0 spiro atoms. The molecule has 0 saturated heterocycles. The Morgan fingerprint density at radius 1 is 1.10 bits per heavy atom. The molecule has 1 aromatic heterocycles. The fourth-order valence-corrected chi connectivity index (χ4v) is 1.95. The minimum absolute atomic E-state index is 0.103. The van der Waals surface area contributed by atoms with E-state index in [9.17, 15) is 4.79 Å². The standard InChI is InChI=1S/C15H14BrNO4/c16-13-8-7-12(14(17-13)15(18)19)21-10-4-9-20-11-5-2-1-3-6-11/h1-3,5-8H,4,9-10H2,(H,18,19). The number of carboxylic acids is 1. The Balaban J connectivity index is 1.80. The number of carbonyl (C=O) groups is 1. The monoisotopic (exact) mass is 351 g/mol. The molecule has 0 unspecified atom stereocenters. The first-order chi connectivity index (χ1) is 10.2. The third-order valence-corrected chi connectivity index (χ3v) is 3.03. The van der Waals surface area contributed by atoms with Gasteiger partial charge in [0.25, 0.3) is 0 Å². The molecule has 0 bridgehead atoms. The average Bonchev–Trinajstić information content (AvgIpc) is 2.49. The summed E-state index contributed by atoms with van der Waals surface area (Å²) >= 11 is 3.13. The molecule has 0 aliphatic carbocycles. The van der Waals surface area contributed by atoms with Crippen LogP contribution in [0, 0.1) is 0 Å². The number of nitrogens with zero attached hydrogens (tertiary/aromatic N) is 1. The number of carboxylic acid groups (broad SMARTS) is 1. The molecule has 0 radical (unpaired) electrons. The predicted octanol–water partition coefficient (Wildman–Crippen LogP) is 3.39. The summed E-state index contributed by atoms with van der Waals surface area (Å²) in [7, 11) is 0. The largest absolute Gasteiger partial charge is 0.493 e. The van der Waals surface area contributed by atoms with Crippen LogP contribution in [0.3, 0.4) is 0 Å². The Hall–Kier alpha value is -2.08. The molecule has 0 fully saturated rings. The molecule has 21 heavy (non-hydrogen) atoms. The smallest absolute Gasteiger partial charge is 0.358 e. The molecule has 6 heteroatoms. The molecule has 2 rings (SSSR count). The molecular formula is C15H14BrNO4. The van der Waals surface area contributed by atoms with E-state index >= 15 is 0 Å². The third-order valence-electron chi connectivity index (χ3n) is 2.58. The maximum absolute atomic E-state index is 11.1. The SMILES string of the molecule is O=C(O)c1nc(Br)ccc1OCCCOc1ccccc1. The zero-order chi connectivity index (χ0) is 15.1. The Kier molecular flexibility index (Phi) is 5.57. The van der Waals surface area contributed by atoms with Gasteiger partial charge in [0.1, 0.15) is 10.4 Å². The molecule has 0 amide bonds. The van der Waals surface area contributed by atoms with E-state index in [4.69, 9.17) is 14.6 Å². The molecule has 0 atom stereocenters. The molecule has 0 aliphatic heterocycles. The van der Waals surface area contributed by atoms with Crippen LogP contribution in [0.5, 0.6) is 11.5 Å². The van der Waals surface area contributed by atoms with Gasteiger partial charge >= 0.3 is 5.97 Å². The fourth-order valence-electron chi connectivity index (χ4n) is 1.64. The van der Waals surface area contributed by atoms with Crippen LogP contribution in [-0.2, 0) is 0 Å². The lowest BCUT2D eigenvalue weighted by Gasteiger charge is -2.09. The van der Waals surface area contributed by atoms with Crippen molar-refractivity contribution < 1.29 is 19.4 Å². The number of para-hydroxylation sites is 1. The molecule has 0 aliphatic rings. The van der Waals surface area contributed by atoms with Crippen LogP contribution < -0.4 is 9.47 Å². The lowest BCUT2D eigenvalue weighted by molar-refractivity contribution is 0.0685. The van der Waals surface area contributed by atoms with Crippen molar-refractivity contribution in [1.29, 1.82) is 0 Å². The van der Waals surface area contributed by atoms with E-state index in [-0.39, 0.29) is 11.4 Å². The molecule has 1 aromatic carbocycles. The molecule has 5 nitrogen and oxygen atoms in total. The van der Waals surface area contributed by atoms with Crippen molar-refractivity contribution in [3.05, 3.63) is 52.8 Å². The Bertz CT molecular complexity index is 604. The number of halogens is 1. The van der Waals surface area contributed by atoms with E-state index in [1.165, 1.54) is 0 Å². The number of aromatic carboxylic acids is 1. The molecule has 1 heterocycles. The van der Waals surface area contributed by atoms with E-state index in [1.54, 1.807) is 12.1 Å². The maximum atomic E-state index is 11.1. The van der Waals surface area contributed by atoms with E-state index < -0.39 is 5.97 Å². The highest BCUT2D eigenvalue weighted by molar-refractivity contribution is 9.10. The first kappa shape index (κ1) is 15.3. The van der Waals surface area contributed by atoms with Crippen LogP contribution >= 0.6 is 15.9 Å². The summed E-state index contributed by atoms with van der Waals surface area (Å²) in [5, 5.41) is 9.05. The zero-order valence-corrected chi connectivity index (χ0v) is 12.7. The van der Waals surface area contributed by atoms with Gasteiger partial charge < -0.3 is 14.6 Å². The lowest BCUT2D eigenvalue weighted by Crippen LogP contribution is -2.09. The van der Waals surface area contributed by atoms with Gasteiger partial charge in [0.15, 0.2) is 11.4 Å². The number of pyridine rings is 1. The van der Waals surface area contributed by atoms with Crippen molar-refractivity contribution in [3.63, 3.8) is 0 Å². The summed E-state index contributed by atoms with van der Waals surface area (Å²) in [6.45, 7) is 0.854. The van der Waals surface area contributed by atoms with Gasteiger partial charge in [-0.3, -0.25) is 0 Å². The van der Waals surface area contributed by atoms with Gasteiger partial charge in [0, 0.05) is 6.42 Å². The van der Waals surface area contributed by atoms with Crippen LogP contribution in [0.2, 0.25) is 0 Å². The first-order valence-corrected chi connectivity index (χ1v) is 7.16. The highest BCUT2D eigenvalue weighted by Gasteiger charge is 2.13. The Labute approximate surface area is 130 Å². The highest BCUT2D eigenvalue weighted by atomic mass is 79.9.